The molecule has 3 nitrogen and oxygen atoms in total. The van der Waals surface area contributed by atoms with Crippen LogP contribution >= 0.6 is 11.6 Å². The molecule has 4 aromatic rings. The zero-order valence-corrected chi connectivity index (χ0v) is 17.2. The van der Waals surface area contributed by atoms with Crippen LogP contribution in [-0.2, 0) is 0 Å². The number of hydrogen-bond donors (Lipinski definition) is 0. The zero-order chi connectivity index (χ0) is 20.2. The lowest BCUT2D eigenvalue weighted by Crippen LogP contribution is -2.09. The number of ether oxygens (including phenoxy) is 1. The average molecular weight is 404 g/mol. The molecule has 0 spiro atoms. The van der Waals surface area contributed by atoms with E-state index in [0.717, 1.165) is 40.0 Å². The minimum Gasteiger partial charge on any atom is -0.489 e. The van der Waals surface area contributed by atoms with Gasteiger partial charge in [-0.15, -0.1) is 0 Å². The third-order valence-electron chi connectivity index (χ3n) is 4.80. The molecule has 4 heteroatoms. The smallest absolute Gasteiger partial charge is 0.138 e. The summed E-state index contributed by atoms with van der Waals surface area (Å²) < 4.78 is 11.7. The van der Waals surface area contributed by atoms with E-state index in [0.29, 0.717) is 10.8 Å². The Labute approximate surface area is 175 Å². The highest BCUT2D eigenvalue weighted by atomic mass is 35.5. The van der Waals surface area contributed by atoms with Crippen molar-refractivity contribution in [3.05, 3.63) is 83.4 Å². The van der Waals surface area contributed by atoms with Crippen LogP contribution in [-0.4, -0.2) is 12.3 Å². The van der Waals surface area contributed by atoms with E-state index in [-0.39, 0.29) is 6.10 Å². The number of para-hydroxylation sites is 1. The van der Waals surface area contributed by atoms with Gasteiger partial charge < -0.3 is 9.15 Å². The molecule has 0 N–H and O–H groups in total. The Hall–Kier alpha value is -3.04. The van der Waals surface area contributed by atoms with E-state index in [1.807, 2.05) is 73.7 Å². The lowest BCUT2D eigenvalue weighted by Gasteiger charge is -2.13. The summed E-state index contributed by atoms with van der Waals surface area (Å²) in [5, 5.41) is 1.69. The van der Waals surface area contributed by atoms with Crippen molar-refractivity contribution in [1.82, 2.24) is 0 Å². The summed E-state index contributed by atoms with van der Waals surface area (Å²) in [6, 6.07) is 23.7. The van der Waals surface area contributed by atoms with Gasteiger partial charge in [0.05, 0.1) is 16.8 Å². The van der Waals surface area contributed by atoms with E-state index in [9.17, 15) is 0 Å². The molecule has 0 amide bonds. The van der Waals surface area contributed by atoms with Crippen LogP contribution < -0.4 is 4.74 Å². The second kappa shape index (κ2) is 8.54. The molecule has 1 heterocycles. The van der Waals surface area contributed by atoms with E-state index < -0.39 is 0 Å². The molecule has 4 rings (SSSR count). The predicted molar refractivity (Wildman–Crippen MR) is 121 cm³/mol. The van der Waals surface area contributed by atoms with Gasteiger partial charge in [-0.1, -0.05) is 36.7 Å². The van der Waals surface area contributed by atoms with E-state index in [1.54, 1.807) is 6.21 Å². The number of hydrogen-bond acceptors (Lipinski definition) is 3. The fourth-order valence-electron chi connectivity index (χ4n) is 2.98. The molecule has 0 aliphatic rings. The number of halogens is 1. The van der Waals surface area contributed by atoms with E-state index in [1.165, 1.54) is 0 Å². The van der Waals surface area contributed by atoms with Crippen LogP contribution in [0.4, 0.5) is 5.69 Å². The number of benzene rings is 3. The average Bonchev–Trinajstić information content (AvgIpc) is 3.18. The molecule has 0 unspecified atom stereocenters. The Morgan fingerprint density at radius 3 is 2.55 bits per heavy atom. The highest BCUT2D eigenvalue weighted by Gasteiger charge is 2.07. The number of nitrogens with zero attached hydrogens (tertiary/aromatic N) is 1. The number of aliphatic imine (C=N–C) groups is 1. The van der Waals surface area contributed by atoms with Crippen molar-refractivity contribution in [1.29, 1.82) is 0 Å². The quantitative estimate of drug-likeness (QED) is 0.309. The Morgan fingerprint density at radius 2 is 1.83 bits per heavy atom. The largest absolute Gasteiger partial charge is 0.489 e. The van der Waals surface area contributed by atoms with Gasteiger partial charge in [0.25, 0.3) is 0 Å². The predicted octanol–water partition coefficient (Wildman–Crippen LogP) is 7.68. The third-order valence-corrected chi connectivity index (χ3v) is 5.09. The molecule has 1 atom stereocenters. The van der Waals surface area contributed by atoms with Gasteiger partial charge in [0.15, 0.2) is 0 Å². The third kappa shape index (κ3) is 4.52. The van der Waals surface area contributed by atoms with Gasteiger partial charge in [-0.25, -0.2) is 0 Å². The minimum absolute atomic E-state index is 0.136. The topological polar surface area (TPSA) is 34.7 Å². The van der Waals surface area contributed by atoms with E-state index >= 15 is 0 Å². The van der Waals surface area contributed by atoms with Crippen LogP contribution in [0.15, 0.2) is 82.2 Å². The maximum absolute atomic E-state index is 6.34. The van der Waals surface area contributed by atoms with Crippen LogP contribution in [0, 0.1) is 0 Å². The lowest BCUT2D eigenvalue weighted by molar-refractivity contribution is 0.217. The highest BCUT2D eigenvalue weighted by Crippen LogP contribution is 2.29. The van der Waals surface area contributed by atoms with Gasteiger partial charge in [-0.3, -0.25) is 4.99 Å². The zero-order valence-electron chi connectivity index (χ0n) is 16.4. The molecule has 29 heavy (non-hydrogen) atoms. The monoisotopic (exact) mass is 403 g/mol. The van der Waals surface area contributed by atoms with Crippen LogP contribution in [0.5, 0.6) is 5.75 Å². The van der Waals surface area contributed by atoms with Crippen LogP contribution in [0.3, 0.4) is 0 Å². The second-order valence-electron chi connectivity index (χ2n) is 6.98. The Kier molecular flexibility index (Phi) is 5.68. The molecule has 0 saturated carbocycles. The minimum atomic E-state index is 0.136. The van der Waals surface area contributed by atoms with Crippen molar-refractivity contribution in [3.63, 3.8) is 0 Å². The van der Waals surface area contributed by atoms with Crippen LogP contribution in [0.2, 0.25) is 5.02 Å². The maximum Gasteiger partial charge on any atom is 0.138 e. The fourth-order valence-corrected chi connectivity index (χ4v) is 3.21. The van der Waals surface area contributed by atoms with Crippen LogP contribution in [0.25, 0.3) is 22.3 Å². The van der Waals surface area contributed by atoms with Gasteiger partial charge in [0.2, 0.25) is 0 Å². The van der Waals surface area contributed by atoms with Crippen molar-refractivity contribution < 1.29 is 9.15 Å². The van der Waals surface area contributed by atoms with Gasteiger partial charge in [0.1, 0.15) is 17.1 Å². The molecule has 146 valence electrons. The molecule has 0 fully saturated rings. The van der Waals surface area contributed by atoms with Crippen molar-refractivity contribution in [3.8, 4) is 17.1 Å². The number of furan rings is 1. The molecule has 0 aliphatic carbocycles. The summed E-state index contributed by atoms with van der Waals surface area (Å²) in [5.74, 6) is 1.55. The summed E-state index contributed by atoms with van der Waals surface area (Å²) in [6.07, 6.45) is 2.87. The van der Waals surface area contributed by atoms with Gasteiger partial charge in [-0.05, 0) is 73.5 Å². The summed E-state index contributed by atoms with van der Waals surface area (Å²) in [7, 11) is 0. The standard InChI is InChI=1S/C25H22ClNO2/c1-3-17(2)28-24-13-8-18(14-22(24)26)16-27-21-11-9-19(10-12-21)25-15-20-6-4-5-7-23(20)29-25/h4-17H,3H2,1-2H3/t17-/m1/s1. The summed E-state index contributed by atoms with van der Waals surface area (Å²) in [4.78, 5) is 4.55. The van der Waals surface area contributed by atoms with Crippen molar-refractivity contribution >= 4 is 34.5 Å². The molecule has 1 aromatic heterocycles. The molecular weight excluding hydrogens is 382 g/mol. The van der Waals surface area contributed by atoms with Gasteiger partial charge in [0, 0.05) is 17.2 Å². The summed E-state index contributed by atoms with van der Waals surface area (Å²) in [5.41, 5.74) is 3.70. The Balaban J connectivity index is 1.48. The van der Waals surface area contributed by atoms with Gasteiger partial charge >= 0.3 is 0 Å². The first-order chi connectivity index (χ1) is 14.1. The molecule has 0 aliphatic heterocycles. The van der Waals surface area contributed by atoms with Crippen LogP contribution in [0.1, 0.15) is 25.8 Å². The van der Waals surface area contributed by atoms with Crippen molar-refractivity contribution in [2.24, 2.45) is 4.99 Å². The maximum atomic E-state index is 6.34. The molecular formula is C25H22ClNO2. The van der Waals surface area contributed by atoms with Gasteiger partial charge in [-0.2, -0.15) is 0 Å². The Bertz CT molecular complexity index is 1110. The molecule has 0 saturated heterocycles. The lowest BCUT2D eigenvalue weighted by atomic mass is 10.1. The molecule has 3 aromatic carbocycles. The highest BCUT2D eigenvalue weighted by molar-refractivity contribution is 6.32. The van der Waals surface area contributed by atoms with Crippen molar-refractivity contribution in [2.45, 2.75) is 26.4 Å². The first-order valence-electron chi connectivity index (χ1n) is 9.71. The molecule has 0 bridgehead atoms. The first-order valence-corrected chi connectivity index (χ1v) is 10.1. The summed E-state index contributed by atoms with van der Waals surface area (Å²) in [6.45, 7) is 4.11. The number of rotatable bonds is 6. The van der Waals surface area contributed by atoms with Crippen molar-refractivity contribution in [2.75, 3.05) is 0 Å². The van der Waals surface area contributed by atoms with E-state index in [2.05, 4.69) is 18.0 Å². The van der Waals surface area contributed by atoms with E-state index in [4.69, 9.17) is 20.8 Å². The fraction of sp³-hybridized carbons (Fsp3) is 0.160. The normalized spacial score (nSPS) is 12.5. The number of fused-ring (bicyclic) bond motifs is 1. The Morgan fingerprint density at radius 1 is 1.03 bits per heavy atom. The molecule has 0 radical (unpaired) electrons. The second-order valence-corrected chi connectivity index (χ2v) is 7.39. The SMILES string of the molecule is CC[C@@H](C)Oc1ccc(C=Nc2ccc(-c3cc4ccccc4o3)cc2)cc1Cl. The first kappa shape index (κ1) is 19.3. The summed E-state index contributed by atoms with van der Waals surface area (Å²) >= 11 is 6.34.